The van der Waals surface area contributed by atoms with Gasteiger partial charge in [0.05, 0.1) is 0 Å². The van der Waals surface area contributed by atoms with Crippen molar-refractivity contribution >= 4 is 11.6 Å². The Hall–Kier alpha value is -1.51. The first-order valence-corrected chi connectivity index (χ1v) is 6.98. The number of rotatable bonds is 6. The third kappa shape index (κ3) is 5.33. The number of hydrogen-bond acceptors (Lipinski definition) is 2. The fourth-order valence-corrected chi connectivity index (χ4v) is 2.17. The molecule has 1 amide bonds. The van der Waals surface area contributed by atoms with E-state index in [1.807, 2.05) is 0 Å². The highest BCUT2D eigenvalue weighted by Gasteiger charge is 2.05. The van der Waals surface area contributed by atoms with Crippen LogP contribution in [0.25, 0.3) is 0 Å². The monoisotopic (exact) mass is 262 g/mol. The third-order valence-corrected chi connectivity index (χ3v) is 3.04. The normalized spacial score (nSPS) is 10.6. The van der Waals surface area contributed by atoms with Crippen molar-refractivity contribution in [1.29, 1.82) is 0 Å². The predicted molar refractivity (Wildman–Crippen MR) is 81.6 cm³/mol. The zero-order valence-corrected chi connectivity index (χ0v) is 12.8. The molecular weight excluding hydrogens is 236 g/mol. The van der Waals surface area contributed by atoms with E-state index in [9.17, 15) is 4.79 Å². The van der Waals surface area contributed by atoms with Crippen molar-refractivity contribution in [3.63, 3.8) is 0 Å². The van der Waals surface area contributed by atoms with E-state index < -0.39 is 0 Å². The number of hydrogen-bond donors (Lipinski definition) is 2. The quantitative estimate of drug-likeness (QED) is 0.826. The minimum Gasteiger partial charge on any atom is -0.384 e. The molecule has 0 bridgehead atoms. The van der Waals surface area contributed by atoms with Gasteiger partial charge in [0.25, 0.3) is 0 Å². The lowest BCUT2D eigenvalue weighted by Crippen LogP contribution is -2.28. The molecule has 0 heterocycles. The summed E-state index contributed by atoms with van der Waals surface area (Å²) in [5.41, 5.74) is 4.90. The van der Waals surface area contributed by atoms with Crippen molar-refractivity contribution in [2.45, 2.75) is 41.0 Å². The number of carbonyl (C=O) groups excluding carboxylic acids is 1. The highest BCUT2D eigenvalue weighted by Crippen LogP contribution is 2.21. The van der Waals surface area contributed by atoms with Gasteiger partial charge in [0, 0.05) is 25.2 Å². The van der Waals surface area contributed by atoms with Gasteiger partial charge in [-0.25, -0.2) is 0 Å². The molecule has 106 valence electrons. The summed E-state index contributed by atoms with van der Waals surface area (Å²) < 4.78 is 0. The summed E-state index contributed by atoms with van der Waals surface area (Å²) >= 11 is 0. The molecule has 0 saturated carbocycles. The molecule has 2 N–H and O–H groups in total. The highest BCUT2D eigenvalue weighted by molar-refractivity contribution is 5.76. The van der Waals surface area contributed by atoms with E-state index in [0.717, 1.165) is 12.2 Å². The molecule has 1 rings (SSSR count). The first kappa shape index (κ1) is 15.5. The summed E-state index contributed by atoms with van der Waals surface area (Å²) in [7, 11) is 0. The van der Waals surface area contributed by atoms with Gasteiger partial charge in [-0.1, -0.05) is 31.5 Å². The van der Waals surface area contributed by atoms with Gasteiger partial charge >= 0.3 is 0 Å². The number of amides is 1. The van der Waals surface area contributed by atoms with Crippen LogP contribution < -0.4 is 10.6 Å². The molecule has 3 heteroatoms. The Labute approximate surface area is 116 Å². The Morgan fingerprint density at radius 2 is 1.74 bits per heavy atom. The second kappa shape index (κ2) is 7.17. The van der Waals surface area contributed by atoms with E-state index in [-0.39, 0.29) is 5.91 Å². The average Bonchev–Trinajstić information content (AvgIpc) is 2.29. The lowest BCUT2D eigenvalue weighted by molar-refractivity contribution is -0.120. The van der Waals surface area contributed by atoms with Gasteiger partial charge in [0.1, 0.15) is 0 Å². The molecule has 0 unspecified atom stereocenters. The Bertz CT molecular complexity index is 415. The van der Waals surface area contributed by atoms with Crippen LogP contribution in [0.4, 0.5) is 5.69 Å². The first-order valence-electron chi connectivity index (χ1n) is 6.98. The lowest BCUT2D eigenvalue weighted by atomic mass is 10.1. The molecule has 1 aromatic rings. The summed E-state index contributed by atoms with van der Waals surface area (Å²) in [5, 5.41) is 6.29. The molecule has 0 aromatic heterocycles. The van der Waals surface area contributed by atoms with E-state index in [0.29, 0.717) is 18.9 Å². The van der Waals surface area contributed by atoms with Crippen molar-refractivity contribution < 1.29 is 4.79 Å². The minimum atomic E-state index is 0.114. The number of anilines is 1. The van der Waals surface area contributed by atoms with Crippen LogP contribution in [0.1, 0.15) is 37.0 Å². The van der Waals surface area contributed by atoms with Crippen molar-refractivity contribution in [2.24, 2.45) is 5.92 Å². The SMILES string of the molecule is Cc1cc(C)c(NCCC(=O)NCC(C)C)c(C)c1. The molecule has 0 spiro atoms. The van der Waals surface area contributed by atoms with Gasteiger partial charge in [-0.15, -0.1) is 0 Å². The zero-order valence-electron chi connectivity index (χ0n) is 12.8. The van der Waals surface area contributed by atoms with Crippen molar-refractivity contribution in [1.82, 2.24) is 5.32 Å². The molecule has 0 radical (unpaired) electrons. The van der Waals surface area contributed by atoms with Crippen LogP contribution in [0, 0.1) is 26.7 Å². The Balaban J connectivity index is 2.43. The molecule has 0 aliphatic heterocycles. The molecule has 1 aromatic carbocycles. The summed E-state index contributed by atoms with van der Waals surface area (Å²) in [6, 6.07) is 4.32. The summed E-state index contributed by atoms with van der Waals surface area (Å²) in [6.45, 7) is 11.9. The van der Waals surface area contributed by atoms with Gasteiger partial charge in [-0.3, -0.25) is 4.79 Å². The van der Waals surface area contributed by atoms with Crippen molar-refractivity contribution in [3.8, 4) is 0 Å². The summed E-state index contributed by atoms with van der Waals surface area (Å²) in [6.07, 6.45) is 0.513. The number of aryl methyl sites for hydroxylation is 3. The van der Waals surface area contributed by atoms with Gasteiger partial charge in [-0.2, -0.15) is 0 Å². The lowest BCUT2D eigenvalue weighted by Gasteiger charge is -2.14. The van der Waals surface area contributed by atoms with Crippen molar-refractivity contribution in [2.75, 3.05) is 18.4 Å². The van der Waals surface area contributed by atoms with Crippen LogP contribution in [-0.2, 0) is 4.79 Å². The smallest absolute Gasteiger partial charge is 0.221 e. The van der Waals surface area contributed by atoms with Crippen LogP contribution in [0.5, 0.6) is 0 Å². The number of nitrogens with one attached hydrogen (secondary N) is 2. The zero-order chi connectivity index (χ0) is 14.4. The Kier molecular flexibility index (Phi) is 5.87. The minimum absolute atomic E-state index is 0.114. The standard InChI is InChI=1S/C16H26N2O/c1-11(2)10-18-15(19)6-7-17-16-13(4)8-12(3)9-14(16)5/h8-9,11,17H,6-7,10H2,1-5H3,(H,18,19). The van der Waals surface area contributed by atoms with Crippen LogP contribution in [0.3, 0.4) is 0 Å². The van der Waals surface area contributed by atoms with E-state index in [1.165, 1.54) is 16.7 Å². The van der Waals surface area contributed by atoms with E-state index in [4.69, 9.17) is 0 Å². The molecular formula is C16H26N2O. The molecule has 0 saturated heterocycles. The van der Waals surface area contributed by atoms with Crippen LogP contribution in [0.2, 0.25) is 0 Å². The van der Waals surface area contributed by atoms with Crippen LogP contribution >= 0.6 is 0 Å². The fraction of sp³-hybridized carbons (Fsp3) is 0.562. The van der Waals surface area contributed by atoms with Gasteiger partial charge < -0.3 is 10.6 Å². The fourth-order valence-electron chi connectivity index (χ4n) is 2.17. The molecule has 0 atom stereocenters. The molecule has 0 fully saturated rings. The molecule has 0 aliphatic rings. The maximum Gasteiger partial charge on any atom is 0.221 e. The van der Waals surface area contributed by atoms with Gasteiger partial charge in [-0.05, 0) is 37.8 Å². The number of carbonyl (C=O) groups is 1. The first-order chi connectivity index (χ1) is 8.90. The van der Waals surface area contributed by atoms with Gasteiger partial charge in [0.15, 0.2) is 0 Å². The van der Waals surface area contributed by atoms with E-state index >= 15 is 0 Å². The van der Waals surface area contributed by atoms with Crippen LogP contribution in [-0.4, -0.2) is 19.0 Å². The summed E-state index contributed by atoms with van der Waals surface area (Å²) in [5.74, 6) is 0.613. The molecule has 19 heavy (non-hydrogen) atoms. The van der Waals surface area contributed by atoms with Crippen molar-refractivity contribution in [3.05, 3.63) is 28.8 Å². The van der Waals surface area contributed by atoms with Gasteiger partial charge in [0.2, 0.25) is 5.91 Å². The topological polar surface area (TPSA) is 41.1 Å². The van der Waals surface area contributed by atoms with E-state index in [2.05, 4.69) is 57.4 Å². The summed E-state index contributed by atoms with van der Waals surface area (Å²) in [4.78, 5) is 11.6. The maximum absolute atomic E-state index is 11.6. The predicted octanol–water partition coefficient (Wildman–Crippen LogP) is 3.19. The Morgan fingerprint density at radius 1 is 1.16 bits per heavy atom. The Morgan fingerprint density at radius 3 is 2.26 bits per heavy atom. The average molecular weight is 262 g/mol. The van der Waals surface area contributed by atoms with E-state index in [1.54, 1.807) is 0 Å². The van der Waals surface area contributed by atoms with Crippen LogP contribution in [0.15, 0.2) is 12.1 Å². The second-order valence-corrected chi connectivity index (χ2v) is 5.65. The maximum atomic E-state index is 11.6. The number of benzene rings is 1. The molecule has 3 nitrogen and oxygen atoms in total. The largest absolute Gasteiger partial charge is 0.384 e. The highest BCUT2D eigenvalue weighted by atomic mass is 16.1. The third-order valence-electron chi connectivity index (χ3n) is 3.04. The molecule has 0 aliphatic carbocycles. The second-order valence-electron chi connectivity index (χ2n) is 5.65.